The highest BCUT2D eigenvalue weighted by atomic mass is 16.5. The average Bonchev–Trinajstić information content (AvgIpc) is 2.06. The van der Waals surface area contributed by atoms with Crippen LogP contribution in [0.4, 0.5) is 0 Å². The summed E-state index contributed by atoms with van der Waals surface area (Å²) in [6.07, 6.45) is 1.81. The molecule has 0 radical (unpaired) electrons. The maximum absolute atomic E-state index is 5.21. The molecule has 0 bridgehead atoms. The summed E-state index contributed by atoms with van der Waals surface area (Å²) < 4.78 is 5.21. The predicted molar refractivity (Wildman–Crippen MR) is 49.6 cm³/mol. The van der Waals surface area contributed by atoms with Crippen molar-refractivity contribution in [2.24, 2.45) is 0 Å². The van der Waals surface area contributed by atoms with E-state index in [1.54, 1.807) is 6.20 Å². The van der Waals surface area contributed by atoms with Crippen molar-refractivity contribution in [3.8, 4) is 0 Å². The Morgan fingerprint density at radius 2 is 2.33 bits per heavy atom. The summed E-state index contributed by atoms with van der Waals surface area (Å²) >= 11 is 0. The highest BCUT2D eigenvalue weighted by Crippen LogP contribution is 2.10. The smallest absolute Gasteiger partial charge is 0.137 e. The molecule has 0 saturated carbocycles. The molecule has 0 aliphatic carbocycles. The third kappa shape index (κ3) is 2.09. The highest BCUT2D eigenvalue weighted by molar-refractivity contribution is 5.53. The van der Waals surface area contributed by atoms with Gasteiger partial charge in [-0.2, -0.15) is 0 Å². The summed E-state index contributed by atoms with van der Waals surface area (Å²) in [7, 11) is 0. The Balaban J connectivity index is 2.75. The summed E-state index contributed by atoms with van der Waals surface area (Å²) in [6, 6.07) is 3.90. The molecule has 12 heavy (non-hydrogen) atoms. The molecule has 0 spiro atoms. The van der Waals surface area contributed by atoms with Crippen molar-refractivity contribution in [1.82, 2.24) is 4.98 Å². The van der Waals surface area contributed by atoms with E-state index in [-0.39, 0.29) is 0 Å². The van der Waals surface area contributed by atoms with Crippen molar-refractivity contribution in [3.05, 3.63) is 36.2 Å². The van der Waals surface area contributed by atoms with Crippen LogP contribution < -0.4 is 0 Å². The first-order chi connectivity index (χ1) is 5.74. The number of hydrogen-bond acceptors (Lipinski definition) is 2. The van der Waals surface area contributed by atoms with Crippen LogP contribution >= 0.6 is 0 Å². The summed E-state index contributed by atoms with van der Waals surface area (Å²) in [6.45, 7) is 8.32. The number of ether oxygens (including phenoxy) is 1. The van der Waals surface area contributed by atoms with E-state index in [2.05, 4.69) is 11.6 Å². The van der Waals surface area contributed by atoms with Crippen molar-refractivity contribution < 1.29 is 4.74 Å². The van der Waals surface area contributed by atoms with Crippen molar-refractivity contribution in [2.45, 2.75) is 13.8 Å². The molecule has 0 amide bonds. The van der Waals surface area contributed by atoms with Gasteiger partial charge in [0, 0.05) is 6.20 Å². The van der Waals surface area contributed by atoms with Crippen LogP contribution in [0, 0.1) is 6.92 Å². The number of rotatable bonds is 3. The van der Waals surface area contributed by atoms with Gasteiger partial charge in [0.05, 0.1) is 6.61 Å². The van der Waals surface area contributed by atoms with Gasteiger partial charge in [-0.05, 0) is 25.5 Å². The molecule has 0 aliphatic heterocycles. The number of hydrogen-bond donors (Lipinski definition) is 0. The molecule has 1 rings (SSSR count). The fraction of sp³-hybridized carbons (Fsp3) is 0.300. The van der Waals surface area contributed by atoms with Crippen LogP contribution in [0.15, 0.2) is 24.9 Å². The minimum absolute atomic E-state index is 0.633. The second-order valence-corrected chi connectivity index (χ2v) is 2.58. The molecule has 64 valence electrons. The molecule has 2 heteroatoms. The van der Waals surface area contributed by atoms with Gasteiger partial charge in [-0.1, -0.05) is 12.6 Å². The topological polar surface area (TPSA) is 22.1 Å². The molecule has 1 heterocycles. The zero-order valence-corrected chi connectivity index (χ0v) is 7.50. The van der Waals surface area contributed by atoms with E-state index in [9.17, 15) is 0 Å². The molecule has 0 N–H and O–H groups in total. The van der Waals surface area contributed by atoms with Gasteiger partial charge in [0.15, 0.2) is 0 Å². The maximum Gasteiger partial charge on any atom is 0.137 e. The standard InChI is InChI=1S/C10H13NO/c1-4-12-9(3)10-6-5-8(2)7-11-10/h5-7H,3-4H2,1-2H3. The molecule has 0 atom stereocenters. The summed E-state index contributed by atoms with van der Waals surface area (Å²) in [4.78, 5) is 4.17. The Kier molecular flexibility index (Phi) is 2.86. The first-order valence-electron chi connectivity index (χ1n) is 3.98. The molecule has 1 aromatic rings. The summed E-state index contributed by atoms with van der Waals surface area (Å²) in [5.74, 6) is 0.637. The Morgan fingerprint density at radius 3 is 2.83 bits per heavy atom. The number of aromatic nitrogens is 1. The van der Waals surface area contributed by atoms with E-state index < -0.39 is 0 Å². The minimum atomic E-state index is 0.633. The summed E-state index contributed by atoms with van der Waals surface area (Å²) in [5.41, 5.74) is 1.95. The second-order valence-electron chi connectivity index (χ2n) is 2.58. The van der Waals surface area contributed by atoms with Crippen LogP contribution in [-0.2, 0) is 4.74 Å². The fourth-order valence-corrected chi connectivity index (χ4v) is 0.881. The van der Waals surface area contributed by atoms with E-state index in [0.29, 0.717) is 12.4 Å². The fourth-order valence-electron chi connectivity index (χ4n) is 0.881. The van der Waals surface area contributed by atoms with Gasteiger partial charge in [0.25, 0.3) is 0 Å². The SMILES string of the molecule is C=C(OCC)c1ccc(C)cn1. The molecule has 0 unspecified atom stereocenters. The van der Waals surface area contributed by atoms with Gasteiger partial charge in [-0.25, -0.2) is 0 Å². The average molecular weight is 163 g/mol. The Hall–Kier alpha value is -1.31. The largest absolute Gasteiger partial charge is 0.492 e. The van der Waals surface area contributed by atoms with Crippen molar-refractivity contribution >= 4 is 5.76 Å². The molecule has 0 aliphatic rings. The lowest BCUT2D eigenvalue weighted by atomic mass is 10.2. The van der Waals surface area contributed by atoms with E-state index >= 15 is 0 Å². The first-order valence-corrected chi connectivity index (χ1v) is 3.98. The predicted octanol–water partition coefficient (Wildman–Crippen LogP) is 2.40. The van der Waals surface area contributed by atoms with Gasteiger partial charge in [-0.3, -0.25) is 4.98 Å². The first kappa shape index (κ1) is 8.78. The van der Waals surface area contributed by atoms with Crippen LogP contribution in [0.1, 0.15) is 18.2 Å². The minimum Gasteiger partial charge on any atom is -0.492 e. The van der Waals surface area contributed by atoms with Crippen molar-refractivity contribution in [3.63, 3.8) is 0 Å². The Labute approximate surface area is 72.9 Å². The third-order valence-corrected chi connectivity index (χ3v) is 1.52. The van der Waals surface area contributed by atoms with E-state index in [1.807, 2.05) is 26.0 Å². The van der Waals surface area contributed by atoms with E-state index in [0.717, 1.165) is 11.3 Å². The zero-order valence-electron chi connectivity index (χ0n) is 7.50. The Bertz CT molecular complexity index is 264. The lowest BCUT2D eigenvalue weighted by molar-refractivity contribution is 0.298. The normalized spacial score (nSPS) is 9.50. The van der Waals surface area contributed by atoms with E-state index in [4.69, 9.17) is 4.74 Å². The van der Waals surface area contributed by atoms with Crippen molar-refractivity contribution in [2.75, 3.05) is 6.61 Å². The highest BCUT2D eigenvalue weighted by Gasteiger charge is 1.98. The molecule has 0 fully saturated rings. The molecule has 0 saturated heterocycles. The number of nitrogens with zero attached hydrogens (tertiary/aromatic N) is 1. The number of pyridine rings is 1. The van der Waals surface area contributed by atoms with Gasteiger partial charge < -0.3 is 4.74 Å². The molecule has 2 nitrogen and oxygen atoms in total. The van der Waals surface area contributed by atoms with Gasteiger partial charge in [0.1, 0.15) is 11.5 Å². The Morgan fingerprint density at radius 1 is 1.58 bits per heavy atom. The van der Waals surface area contributed by atoms with Crippen molar-refractivity contribution in [1.29, 1.82) is 0 Å². The van der Waals surface area contributed by atoms with Crippen LogP contribution in [0.25, 0.3) is 5.76 Å². The van der Waals surface area contributed by atoms with Crippen LogP contribution in [-0.4, -0.2) is 11.6 Å². The number of aryl methyl sites for hydroxylation is 1. The molecule has 0 aromatic carbocycles. The molecule has 1 aromatic heterocycles. The van der Waals surface area contributed by atoms with Crippen LogP contribution in [0.5, 0.6) is 0 Å². The van der Waals surface area contributed by atoms with E-state index in [1.165, 1.54) is 0 Å². The van der Waals surface area contributed by atoms with Crippen LogP contribution in [0.2, 0.25) is 0 Å². The maximum atomic E-state index is 5.21. The quantitative estimate of drug-likeness (QED) is 0.638. The molecular formula is C10H13NO. The lowest BCUT2D eigenvalue weighted by Crippen LogP contribution is -1.92. The zero-order chi connectivity index (χ0) is 8.97. The monoisotopic (exact) mass is 163 g/mol. The van der Waals surface area contributed by atoms with Gasteiger partial charge in [0.2, 0.25) is 0 Å². The van der Waals surface area contributed by atoms with Gasteiger partial charge >= 0.3 is 0 Å². The molecular weight excluding hydrogens is 150 g/mol. The van der Waals surface area contributed by atoms with Crippen LogP contribution in [0.3, 0.4) is 0 Å². The lowest BCUT2D eigenvalue weighted by Gasteiger charge is -2.05. The summed E-state index contributed by atoms with van der Waals surface area (Å²) in [5, 5.41) is 0. The second kappa shape index (κ2) is 3.90. The third-order valence-electron chi connectivity index (χ3n) is 1.52. The van der Waals surface area contributed by atoms with Gasteiger partial charge in [-0.15, -0.1) is 0 Å².